The number of benzene rings is 2. The topological polar surface area (TPSA) is 64.3 Å². The van der Waals surface area contributed by atoms with Crippen LogP contribution in [0.15, 0.2) is 51.8 Å². The van der Waals surface area contributed by atoms with Gasteiger partial charge in [-0.25, -0.2) is 0 Å². The SMILES string of the molecule is COc1cc(N)ccc1SCC(=O)Nc1cccc(Br)c1. The number of ether oxygens (including phenoxy) is 1. The van der Waals surface area contributed by atoms with Gasteiger partial charge < -0.3 is 15.8 Å². The minimum atomic E-state index is -0.0722. The van der Waals surface area contributed by atoms with Crippen LogP contribution >= 0.6 is 27.7 Å². The van der Waals surface area contributed by atoms with Crippen LogP contribution in [0.4, 0.5) is 11.4 Å². The lowest BCUT2D eigenvalue weighted by molar-refractivity contribution is -0.113. The minimum absolute atomic E-state index is 0.0722. The molecule has 6 heteroatoms. The summed E-state index contributed by atoms with van der Waals surface area (Å²) in [5.74, 6) is 0.902. The summed E-state index contributed by atoms with van der Waals surface area (Å²) in [6.45, 7) is 0. The molecular formula is C15H15BrN2O2S. The molecule has 0 aliphatic rings. The average Bonchev–Trinajstić information content (AvgIpc) is 2.45. The average molecular weight is 367 g/mol. The first kappa shape index (κ1) is 15.7. The lowest BCUT2D eigenvalue weighted by Crippen LogP contribution is -2.13. The number of rotatable bonds is 5. The van der Waals surface area contributed by atoms with Crippen molar-refractivity contribution in [2.24, 2.45) is 0 Å². The van der Waals surface area contributed by atoms with E-state index in [1.54, 1.807) is 19.2 Å². The molecule has 0 saturated carbocycles. The van der Waals surface area contributed by atoms with Crippen molar-refractivity contribution in [1.82, 2.24) is 0 Å². The number of anilines is 2. The molecule has 2 aromatic carbocycles. The fraction of sp³-hybridized carbons (Fsp3) is 0.133. The Morgan fingerprint density at radius 1 is 1.33 bits per heavy atom. The number of hydrogen-bond acceptors (Lipinski definition) is 4. The summed E-state index contributed by atoms with van der Waals surface area (Å²) in [6, 6.07) is 12.9. The molecule has 0 aliphatic carbocycles. The van der Waals surface area contributed by atoms with E-state index >= 15 is 0 Å². The Morgan fingerprint density at radius 3 is 2.86 bits per heavy atom. The van der Waals surface area contributed by atoms with E-state index in [-0.39, 0.29) is 5.91 Å². The molecular weight excluding hydrogens is 352 g/mol. The van der Waals surface area contributed by atoms with Gasteiger partial charge in [-0.05, 0) is 30.3 Å². The highest BCUT2D eigenvalue weighted by Crippen LogP contribution is 2.31. The molecule has 21 heavy (non-hydrogen) atoms. The molecule has 0 spiro atoms. The Bertz CT molecular complexity index is 649. The van der Waals surface area contributed by atoms with Gasteiger partial charge in [-0.15, -0.1) is 11.8 Å². The van der Waals surface area contributed by atoms with Crippen molar-refractivity contribution >= 4 is 45.0 Å². The standard InChI is InChI=1S/C15H15BrN2O2S/c1-20-13-8-11(17)5-6-14(13)21-9-15(19)18-12-4-2-3-10(16)7-12/h2-8H,9,17H2,1H3,(H,18,19). The molecule has 0 aliphatic heterocycles. The van der Waals surface area contributed by atoms with E-state index in [0.717, 1.165) is 15.1 Å². The molecule has 0 atom stereocenters. The number of halogens is 1. The van der Waals surface area contributed by atoms with Crippen molar-refractivity contribution in [2.75, 3.05) is 23.9 Å². The quantitative estimate of drug-likeness (QED) is 0.624. The van der Waals surface area contributed by atoms with Crippen LogP contribution in [0.25, 0.3) is 0 Å². The van der Waals surface area contributed by atoms with Crippen LogP contribution in [0.5, 0.6) is 5.75 Å². The van der Waals surface area contributed by atoms with Gasteiger partial charge in [0.1, 0.15) is 5.75 Å². The van der Waals surface area contributed by atoms with Crippen LogP contribution < -0.4 is 15.8 Å². The second-order valence-electron chi connectivity index (χ2n) is 4.26. The van der Waals surface area contributed by atoms with E-state index in [1.165, 1.54) is 11.8 Å². The molecule has 4 nitrogen and oxygen atoms in total. The summed E-state index contributed by atoms with van der Waals surface area (Å²) in [7, 11) is 1.58. The molecule has 0 heterocycles. The monoisotopic (exact) mass is 366 g/mol. The third-order valence-electron chi connectivity index (χ3n) is 2.65. The highest BCUT2D eigenvalue weighted by molar-refractivity contribution is 9.10. The molecule has 3 N–H and O–H groups in total. The van der Waals surface area contributed by atoms with E-state index in [9.17, 15) is 4.79 Å². The van der Waals surface area contributed by atoms with Gasteiger partial charge in [0.2, 0.25) is 5.91 Å². The summed E-state index contributed by atoms with van der Waals surface area (Å²) < 4.78 is 6.18. The van der Waals surface area contributed by atoms with Gasteiger partial charge in [-0.2, -0.15) is 0 Å². The molecule has 0 unspecified atom stereocenters. The molecule has 110 valence electrons. The van der Waals surface area contributed by atoms with Crippen molar-refractivity contribution in [3.63, 3.8) is 0 Å². The maximum Gasteiger partial charge on any atom is 0.234 e. The smallest absolute Gasteiger partial charge is 0.234 e. The maximum atomic E-state index is 12.0. The van der Waals surface area contributed by atoms with Crippen LogP contribution in [0.2, 0.25) is 0 Å². The van der Waals surface area contributed by atoms with Crippen LogP contribution in [0.1, 0.15) is 0 Å². The first-order valence-electron chi connectivity index (χ1n) is 6.20. The number of nitrogens with two attached hydrogens (primary N) is 1. The van der Waals surface area contributed by atoms with Gasteiger partial charge in [-0.1, -0.05) is 22.0 Å². The Balaban J connectivity index is 1.95. The first-order chi connectivity index (χ1) is 10.1. The first-order valence-corrected chi connectivity index (χ1v) is 7.98. The van der Waals surface area contributed by atoms with Crippen molar-refractivity contribution in [1.29, 1.82) is 0 Å². The molecule has 0 saturated heterocycles. The van der Waals surface area contributed by atoms with Crippen LogP contribution in [-0.4, -0.2) is 18.8 Å². The number of hydrogen-bond donors (Lipinski definition) is 2. The predicted octanol–water partition coefficient (Wildman–Crippen LogP) is 3.77. The molecule has 2 aromatic rings. The van der Waals surface area contributed by atoms with Gasteiger partial charge in [0.15, 0.2) is 0 Å². The minimum Gasteiger partial charge on any atom is -0.496 e. The molecule has 0 fully saturated rings. The molecule has 0 radical (unpaired) electrons. The normalized spacial score (nSPS) is 10.2. The highest BCUT2D eigenvalue weighted by Gasteiger charge is 2.08. The van der Waals surface area contributed by atoms with Gasteiger partial charge in [0.25, 0.3) is 0 Å². The van der Waals surface area contributed by atoms with Gasteiger partial charge >= 0.3 is 0 Å². The number of nitrogens with one attached hydrogen (secondary N) is 1. The summed E-state index contributed by atoms with van der Waals surface area (Å²) >= 11 is 4.78. The third kappa shape index (κ3) is 4.68. The van der Waals surface area contributed by atoms with Crippen molar-refractivity contribution in [3.8, 4) is 5.75 Å². The number of carbonyl (C=O) groups excluding carboxylic acids is 1. The van der Waals surface area contributed by atoms with Gasteiger partial charge in [0.05, 0.1) is 12.9 Å². The van der Waals surface area contributed by atoms with Crippen molar-refractivity contribution in [2.45, 2.75) is 4.90 Å². The summed E-state index contributed by atoms with van der Waals surface area (Å²) in [5, 5.41) is 2.85. The van der Waals surface area contributed by atoms with Crippen molar-refractivity contribution < 1.29 is 9.53 Å². The number of amides is 1. The van der Waals surface area contributed by atoms with Gasteiger partial charge in [-0.3, -0.25) is 4.79 Å². The number of carbonyl (C=O) groups is 1. The number of thioether (sulfide) groups is 1. The zero-order valence-electron chi connectivity index (χ0n) is 11.4. The number of methoxy groups -OCH3 is 1. The molecule has 2 rings (SSSR count). The zero-order chi connectivity index (χ0) is 15.2. The second-order valence-corrected chi connectivity index (χ2v) is 6.19. The zero-order valence-corrected chi connectivity index (χ0v) is 13.8. The van der Waals surface area contributed by atoms with Gasteiger partial charge in [0, 0.05) is 26.8 Å². The van der Waals surface area contributed by atoms with Crippen LogP contribution in [0.3, 0.4) is 0 Å². The molecule has 0 aromatic heterocycles. The van der Waals surface area contributed by atoms with Crippen LogP contribution in [-0.2, 0) is 4.79 Å². The lowest BCUT2D eigenvalue weighted by atomic mass is 10.3. The lowest BCUT2D eigenvalue weighted by Gasteiger charge is -2.09. The second kappa shape index (κ2) is 7.38. The van der Waals surface area contributed by atoms with Crippen LogP contribution in [0, 0.1) is 0 Å². The Hall–Kier alpha value is -1.66. The highest BCUT2D eigenvalue weighted by atomic mass is 79.9. The fourth-order valence-corrected chi connectivity index (χ4v) is 2.92. The van der Waals surface area contributed by atoms with E-state index in [1.807, 2.05) is 30.3 Å². The Labute approximate surface area is 136 Å². The fourth-order valence-electron chi connectivity index (χ4n) is 1.71. The third-order valence-corrected chi connectivity index (χ3v) is 4.20. The molecule has 0 bridgehead atoms. The predicted molar refractivity (Wildman–Crippen MR) is 90.9 cm³/mol. The maximum absolute atomic E-state index is 12.0. The summed E-state index contributed by atoms with van der Waals surface area (Å²) in [4.78, 5) is 12.8. The molecule has 1 amide bonds. The van der Waals surface area contributed by atoms with E-state index < -0.39 is 0 Å². The van der Waals surface area contributed by atoms with Crippen molar-refractivity contribution in [3.05, 3.63) is 46.9 Å². The Morgan fingerprint density at radius 2 is 2.14 bits per heavy atom. The summed E-state index contributed by atoms with van der Waals surface area (Å²) in [5.41, 5.74) is 7.10. The van der Waals surface area contributed by atoms with E-state index in [2.05, 4.69) is 21.2 Å². The Kier molecular flexibility index (Phi) is 5.52. The van der Waals surface area contributed by atoms with E-state index in [0.29, 0.717) is 17.2 Å². The largest absolute Gasteiger partial charge is 0.496 e. The number of nitrogen functional groups attached to an aromatic ring is 1. The summed E-state index contributed by atoms with van der Waals surface area (Å²) in [6.07, 6.45) is 0. The van der Waals surface area contributed by atoms with E-state index in [4.69, 9.17) is 10.5 Å².